The molecule has 0 saturated carbocycles. The number of hydrogen-bond acceptors (Lipinski definition) is 2. The Labute approximate surface area is 160 Å². The van der Waals surface area contributed by atoms with Crippen LogP contribution in [0.2, 0.25) is 0 Å². The van der Waals surface area contributed by atoms with Crippen molar-refractivity contribution in [2.45, 2.75) is 24.5 Å². The van der Waals surface area contributed by atoms with E-state index in [1.807, 2.05) is 11.8 Å². The molecule has 0 aromatic heterocycles. The smallest absolute Gasteiger partial charge is 0.129 e. The van der Waals surface area contributed by atoms with E-state index in [1.165, 1.54) is 16.7 Å². The second-order valence-electron chi connectivity index (χ2n) is 6.43. The summed E-state index contributed by atoms with van der Waals surface area (Å²) in [6, 6.07) is 32.0. The summed E-state index contributed by atoms with van der Waals surface area (Å²) in [5.41, 5.74) is 3.81. The molecular formula is C24H24OS. The van der Waals surface area contributed by atoms with Gasteiger partial charge in [-0.2, -0.15) is 0 Å². The van der Waals surface area contributed by atoms with Crippen molar-refractivity contribution in [2.24, 2.45) is 0 Å². The third-order valence-electron chi connectivity index (χ3n) is 4.53. The van der Waals surface area contributed by atoms with E-state index >= 15 is 0 Å². The lowest BCUT2D eigenvalue weighted by Crippen LogP contribution is -2.26. The van der Waals surface area contributed by atoms with Gasteiger partial charge in [0.05, 0.1) is 4.75 Å². The molecular weight excluding hydrogens is 336 g/mol. The first-order chi connectivity index (χ1) is 12.7. The Kier molecular flexibility index (Phi) is 6.30. The van der Waals surface area contributed by atoms with Gasteiger partial charge in [-0.3, -0.25) is 0 Å². The van der Waals surface area contributed by atoms with Crippen LogP contribution in [0, 0.1) is 0 Å². The van der Waals surface area contributed by atoms with E-state index in [-0.39, 0.29) is 10.5 Å². The van der Waals surface area contributed by atoms with Gasteiger partial charge in [-0.25, -0.2) is 0 Å². The molecule has 0 amide bonds. The van der Waals surface area contributed by atoms with Gasteiger partial charge in [-0.1, -0.05) is 91.0 Å². The van der Waals surface area contributed by atoms with Crippen LogP contribution < -0.4 is 0 Å². The van der Waals surface area contributed by atoms with Crippen LogP contribution in [-0.4, -0.2) is 11.5 Å². The van der Waals surface area contributed by atoms with E-state index < -0.39 is 0 Å². The number of Topliss-reactive ketones (excluding diaryl/α,β-unsaturated/α-hetero) is 1. The number of thioether (sulfide) groups is 1. The van der Waals surface area contributed by atoms with E-state index in [0.29, 0.717) is 6.42 Å². The van der Waals surface area contributed by atoms with Crippen molar-refractivity contribution in [1.29, 1.82) is 0 Å². The summed E-state index contributed by atoms with van der Waals surface area (Å²) in [5.74, 6) is 1.19. The first-order valence-electron chi connectivity index (χ1n) is 9.03. The van der Waals surface area contributed by atoms with Crippen molar-refractivity contribution in [2.75, 3.05) is 5.75 Å². The predicted octanol–water partition coefficient (Wildman–Crippen LogP) is 6.08. The van der Waals surface area contributed by atoms with Crippen LogP contribution in [0.25, 0.3) is 0 Å². The highest BCUT2D eigenvalue weighted by Crippen LogP contribution is 2.48. The highest BCUT2D eigenvalue weighted by Gasteiger charge is 2.36. The molecule has 3 rings (SSSR count). The molecule has 0 bridgehead atoms. The topological polar surface area (TPSA) is 17.1 Å². The molecule has 3 aromatic rings. The van der Waals surface area contributed by atoms with Crippen molar-refractivity contribution >= 4 is 17.5 Å². The van der Waals surface area contributed by atoms with Crippen molar-refractivity contribution in [3.05, 3.63) is 108 Å². The summed E-state index contributed by atoms with van der Waals surface area (Å²) >= 11 is 1.92. The highest BCUT2D eigenvalue weighted by molar-refractivity contribution is 8.00. The average Bonchev–Trinajstić information content (AvgIpc) is 2.70. The Morgan fingerprint density at radius 2 is 1.12 bits per heavy atom. The lowest BCUT2D eigenvalue weighted by Gasteiger charge is -2.35. The molecule has 0 saturated heterocycles. The second kappa shape index (κ2) is 8.86. The third-order valence-corrected chi connectivity index (χ3v) is 6.17. The normalized spacial score (nSPS) is 11.3. The standard InChI is InChI=1S/C24H24OS/c1-20(25)12-11-19-26-24(21-13-5-2-6-14-21,22-15-7-3-8-16-22)23-17-9-4-10-18-23/h2-10,13-18H,11-12,19H2,1H3. The van der Waals surface area contributed by atoms with Gasteiger partial charge in [0.15, 0.2) is 0 Å². The van der Waals surface area contributed by atoms with Gasteiger partial charge < -0.3 is 4.79 Å². The molecule has 132 valence electrons. The minimum Gasteiger partial charge on any atom is -0.300 e. The maximum atomic E-state index is 11.4. The minimum atomic E-state index is -0.277. The zero-order chi connectivity index (χ0) is 18.2. The monoisotopic (exact) mass is 360 g/mol. The Hall–Kier alpha value is -2.32. The van der Waals surface area contributed by atoms with Crippen LogP contribution in [0.1, 0.15) is 36.5 Å². The van der Waals surface area contributed by atoms with Crippen LogP contribution >= 0.6 is 11.8 Å². The zero-order valence-corrected chi connectivity index (χ0v) is 15.9. The van der Waals surface area contributed by atoms with E-state index in [9.17, 15) is 4.79 Å². The van der Waals surface area contributed by atoms with Crippen LogP contribution in [0.4, 0.5) is 0 Å². The molecule has 2 heteroatoms. The quantitative estimate of drug-likeness (QED) is 0.358. The largest absolute Gasteiger partial charge is 0.300 e. The number of carbonyl (C=O) groups excluding carboxylic acids is 1. The third kappa shape index (κ3) is 4.08. The molecule has 26 heavy (non-hydrogen) atoms. The van der Waals surface area contributed by atoms with E-state index in [2.05, 4.69) is 91.0 Å². The molecule has 0 spiro atoms. The Bertz CT molecular complexity index is 716. The van der Waals surface area contributed by atoms with Gasteiger partial charge in [-0.05, 0) is 35.8 Å². The average molecular weight is 361 g/mol. The van der Waals surface area contributed by atoms with Crippen LogP contribution in [-0.2, 0) is 9.54 Å². The first-order valence-corrected chi connectivity index (χ1v) is 10.0. The zero-order valence-electron chi connectivity index (χ0n) is 15.1. The lowest BCUT2D eigenvalue weighted by atomic mass is 9.84. The van der Waals surface area contributed by atoms with Gasteiger partial charge in [-0.15, -0.1) is 11.8 Å². The Balaban J connectivity index is 2.10. The van der Waals surface area contributed by atoms with E-state index in [0.717, 1.165) is 12.2 Å². The number of carbonyl (C=O) groups is 1. The number of ketones is 1. The molecule has 0 aliphatic rings. The van der Waals surface area contributed by atoms with E-state index in [1.54, 1.807) is 6.92 Å². The summed E-state index contributed by atoms with van der Waals surface area (Å²) < 4.78 is -0.277. The van der Waals surface area contributed by atoms with Gasteiger partial charge in [0, 0.05) is 6.42 Å². The lowest BCUT2D eigenvalue weighted by molar-refractivity contribution is -0.117. The maximum Gasteiger partial charge on any atom is 0.129 e. The Morgan fingerprint density at radius 1 is 0.731 bits per heavy atom. The highest BCUT2D eigenvalue weighted by atomic mass is 32.2. The molecule has 0 atom stereocenters. The fourth-order valence-electron chi connectivity index (χ4n) is 3.31. The molecule has 0 unspecified atom stereocenters. The van der Waals surface area contributed by atoms with Crippen molar-refractivity contribution in [1.82, 2.24) is 0 Å². The number of rotatable bonds is 8. The number of hydrogen-bond donors (Lipinski definition) is 0. The molecule has 0 aliphatic carbocycles. The molecule has 1 nitrogen and oxygen atoms in total. The van der Waals surface area contributed by atoms with Gasteiger partial charge >= 0.3 is 0 Å². The second-order valence-corrected chi connectivity index (χ2v) is 7.74. The molecule has 3 aromatic carbocycles. The maximum absolute atomic E-state index is 11.4. The van der Waals surface area contributed by atoms with Crippen molar-refractivity contribution in [3.8, 4) is 0 Å². The summed E-state index contributed by atoms with van der Waals surface area (Å²) in [6.45, 7) is 1.67. The SMILES string of the molecule is CC(=O)CCCSC(c1ccccc1)(c1ccccc1)c1ccccc1. The Morgan fingerprint density at radius 3 is 1.46 bits per heavy atom. The van der Waals surface area contributed by atoms with Crippen LogP contribution in [0.5, 0.6) is 0 Å². The molecule has 0 aliphatic heterocycles. The molecule has 0 radical (unpaired) electrons. The van der Waals surface area contributed by atoms with E-state index in [4.69, 9.17) is 0 Å². The molecule has 0 fully saturated rings. The summed E-state index contributed by atoms with van der Waals surface area (Å²) in [4.78, 5) is 11.4. The fraction of sp³-hybridized carbons (Fsp3) is 0.208. The first kappa shape index (κ1) is 18.5. The van der Waals surface area contributed by atoms with Gasteiger partial charge in [0.2, 0.25) is 0 Å². The predicted molar refractivity (Wildman–Crippen MR) is 112 cm³/mol. The van der Waals surface area contributed by atoms with Crippen molar-refractivity contribution < 1.29 is 4.79 Å². The molecule has 0 heterocycles. The van der Waals surface area contributed by atoms with Gasteiger partial charge in [0.25, 0.3) is 0 Å². The fourth-order valence-corrected chi connectivity index (χ4v) is 4.82. The number of benzene rings is 3. The van der Waals surface area contributed by atoms with Crippen LogP contribution in [0.3, 0.4) is 0 Å². The summed E-state index contributed by atoms with van der Waals surface area (Å²) in [6.07, 6.45) is 1.54. The summed E-state index contributed by atoms with van der Waals surface area (Å²) in [7, 11) is 0. The summed E-state index contributed by atoms with van der Waals surface area (Å²) in [5, 5.41) is 0. The minimum absolute atomic E-state index is 0.260. The molecule has 0 N–H and O–H groups in total. The van der Waals surface area contributed by atoms with Crippen molar-refractivity contribution in [3.63, 3.8) is 0 Å². The van der Waals surface area contributed by atoms with Crippen LogP contribution in [0.15, 0.2) is 91.0 Å². The van der Waals surface area contributed by atoms with Gasteiger partial charge in [0.1, 0.15) is 5.78 Å².